The van der Waals surface area contributed by atoms with Crippen molar-refractivity contribution >= 4 is 5.71 Å². The van der Waals surface area contributed by atoms with Crippen LogP contribution in [0, 0.1) is 17.2 Å². The Balaban J connectivity index is 2.39. The molecule has 14 heavy (non-hydrogen) atoms. The van der Waals surface area contributed by atoms with Gasteiger partial charge in [-0.25, -0.2) is 0 Å². The summed E-state index contributed by atoms with van der Waals surface area (Å²) < 4.78 is 0. The van der Waals surface area contributed by atoms with Gasteiger partial charge in [-0.1, -0.05) is 30.7 Å². The number of dihydropyridines is 1. The zero-order chi connectivity index (χ0) is 10.1. The van der Waals surface area contributed by atoms with Crippen LogP contribution in [-0.4, -0.2) is 11.8 Å². The summed E-state index contributed by atoms with van der Waals surface area (Å²) in [6.07, 6.45) is 8.13. The second-order valence-corrected chi connectivity index (χ2v) is 3.82. The van der Waals surface area contributed by atoms with Gasteiger partial charge in [-0.15, -0.1) is 0 Å². The standard InChI is InChI=1S/C12H12N2/c1-8-5-9(2)12-10(6-8)3-4-11(7-13)14-12/h3-6,9,12H,1-2H3. The number of allylic oxidation sites excluding steroid dienone is 3. The number of aliphatic imine (C=N–C) groups is 1. The first kappa shape index (κ1) is 8.96. The molecule has 2 nitrogen and oxygen atoms in total. The average molecular weight is 184 g/mol. The highest BCUT2D eigenvalue weighted by atomic mass is 14.8. The van der Waals surface area contributed by atoms with Crippen LogP contribution in [0.3, 0.4) is 0 Å². The molecule has 0 saturated carbocycles. The second-order valence-electron chi connectivity index (χ2n) is 3.82. The van der Waals surface area contributed by atoms with Gasteiger partial charge in [-0.2, -0.15) is 5.26 Å². The van der Waals surface area contributed by atoms with Crippen LogP contribution in [0.15, 0.2) is 40.4 Å². The zero-order valence-electron chi connectivity index (χ0n) is 8.36. The molecule has 0 radical (unpaired) electrons. The molecule has 1 heterocycles. The zero-order valence-corrected chi connectivity index (χ0v) is 8.36. The van der Waals surface area contributed by atoms with Crippen LogP contribution in [0.25, 0.3) is 0 Å². The Morgan fingerprint density at radius 2 is 2.21 bits per heavy atom. The van der Waals surface area contributed by atoms with E-state index in [4.69, 9.17) is 5.26 Å². The molecule has 2 atom stereocenters. The molecule has 0 aromatic carbocycles. The van der Waals surface area contributed by atoms with Crippen molar-refractivity contribution in [1.29, 1.82) is 5.26 Å². The molecule has 2 heteroatoms. The predicted octanol–water partition coefficient (Wildman–Crippen LogP) is 2.41. The summed E-state index contributed by atoms with van der Waals surface area (Å²) in [5, 5.41) is 8.75. The number of nitriles is 1. The molecule has 0 spiro atoms. The Morgan fingerprint density at radius 3 is 2.93 bits per heavy atom. The summed E-state index contributed by atoms with van der Waals surface area (Å²) in [4.78, 5) is 4.39. The van der Waals surface area contributed by atoms with Gasteiger partial charge in [0.15, 0.2) is 0 Å². The van der Waals surface area contributed by atoms with Crippen LogP contribution in [0.5, 0.6) is 0 Å². The summed E-state index contributed by atoms with van der Waals surface area (Å²) in [6.45, 7) is 4.23. The quantitative estimate of drug-likeness (QED) is 0.569. The van der Waals surface area contributed by atoms with E-state index in [-0.39, 0.29) is 6.04 Å². The molecular weight excluding hydrogens is 172 g/mol. The van der Waals surface area contributed by atoms with E-state index in [1.54, 1.807) is 6.08 Å². The van der Waals surface area contributed by atoms with E-state index in [9.17, 15) is 0 Å². The van der Waals surface area contributed by atoms with E-state index in [0.717, 1.165) is 0 Å². The van der Waals surface area contributed by atoms with Crippen LogP contribution in [0.1, 0.15) is 13.8 Å². The Bertz CT molecular complexity index is 416. The molecule has 0 aromatic heterocycles. The van der Waals surface area contributed by atoms with Gasteiger partial charge in [0.05, 0.1) is 6.04 Å². The molecule has 1 aliphatic carbocycles. The molecule has 0 amide bonds. The summed E-state index contributed by atoms with van der Waals surface area (Å²) in [6, 6.07) is 2.24. The lowest BCUT2D eigenvalue weighted by atomic mass is 9.85. The van der Waals surface area contributed by atoms with Gasteiger partial charge >= 0.3 is 0 Å². The van der Waals surface area contributed by atoms with Crippen LogP contribution in [0.4, 0.5) is 0 Å². The molecule has 1 aliphatic heterocycles. The van der Waals surface area contributed by atoms with Gasteiger partial charge in [0.25, 0.3) is 0 Å². The van der Waals surface area contributed by atoms with Crippen molar-refractivity contribution in [3.05, 3.63) is 35.5 Å². The van der Waals surface area contributed by atoms with Gasteiger partial charge < -0.3 is 0 Å². The molecule has 0 bridgehead atoms. The highest BCUT2D eigenvalue weighted by Crippen LogP contribution is 2.28. The Kier molecular flexibility index (Phi) is 2.09. The molecule has 0 aromatic rings. The van der Waals surface area contributed by atoms with Gasteiger partial charge in [-0.05, 0) is 18.6 Å². The van der Waals surface area contributed by atoms with Crippen LogP contribution >= 0.6 is 0 Å². The lowest BCUT2D eigenvalue weighted by Gasteiger charge is -2.25. The van der Waals surface area contributed by atoms with Crippen LogP contribution < -0.4 is 0 Å². The van der Waals surface area contributed by atoms with Crippen molar-refractivity contribution in [2.75, 3.05) is 0 Å². The second kappa shape index (κ2) is 3.26. The fraction of sp³-hybridized carbons (Fsp3) is 0.333. The summed E-state index contributed by atoms with van der Waals surface area (Å²) in [5.74, 6) is 0.392. The van der Waals surface area contributed by atoms with Crippen molar-refractivity contribution < 1.29 is 0 Å². The summed E-state index contributed by atoms with van der Waals surface area (Å²) in [5.41, 5.74) is 3.03. The van der Waals surface area contributed by atoms with Crippen molar-refractivity contribution in [1.82, 2.24) is 0 Å². The van der Waals surface area contributed by atoms with Gasteiger partial charge in [0.2, 0.25) is 0 Å². The number of nitrogens with zero attached hydrogens (tertiary/aromatic N) is 2. The monoisotopic (exact) mass is 184 g/mol. The Labute approximate surface area is 84.0 Å². The molecule has 0 fully saturated rings. The number of hydrogen-bond acceptors (Lipinski definition) is 2. The normalized spacial score (nSPS) is 29.6. The number of fused-ring (bicyclic) bond motifs is 1. The third kappa shape index (κ3) is 1.42. The first-order chi connectivity index (χ1) is 6.70. The fourth-order valence-electron chi connectivity index (χ4n) is 1.98. The number of rotatable bonds is 0. The first-order valence-corrected chi connectivity index (χ1v) is 4.76. The molecular formula is C12H12N2. The smallest absolute Gasteiger partial charge is 0.135 e. The SMILES string of the molecule is CC1=CC(C)C2N=C(C#N)C=CC2=C1. The molecule has 70 valence electrons. The maximum absolute atomic E-state index is 8.75. The Morgan fingerprint density at radius 1 is 1.43 bits per heavy atom. The fourth-order valence-corrected chi connectivity index (χ4v) is 1.98. The first-order valence-electron chi connectivity index (χ1n) is 4.76. The maximum atomic E-state index is 8.75. The van der Waals surface area contributed by atoms with Gasteiger partial charge in [-0.3, -0.25) is 4.99 Å². The topological polar surface area (TPSA) is 36.1 Å². The largest absolute Gasteiger partial charge is 0.265 e. The van der Waals surface area contributed by atoms with E-state index >= 15 is 0 Å². The minimum absolute atomic E-state index is 0.151. The minimum Gasteiger partial charge on any atom is -0.265 e. The lowest BCUT2D eigenvalue weighted by molar-refractivity contribution is 0.602. The van der Waals surface area contributed by atoms with Crippen molar-refractivity contribution in [2.45, 2.75) is 19.9 Å². The third-order valence-electron chi connectivity index (χ3n) is 2.59. The highest BCUT2D eigenvalue weighted by molar-refractivity contribution is 6.08. The maximum Gasteiger partial charge on any atom is 0.135 e. The third-order valence-corrected chi connectivity index (χ3v) is 2.59. The molecule has 2 rings (SSSR count). The summed E-state index contributed by atoms with van der Waals surface area (Å²) >= 11 is 0. The molecule has 2 unspecified atom stereocenters. The molecule has 0 N–H and O–H groups in total. The highest BCUT2D eigenvalue weighted by Gasteiger charge is 2.23. The predicted molar refractivity (Wildman–Crippen MR) is 57.0 cm³/mol. The average Bonchev–Trinajstić information content (AvgIpc) is 2.17. The van der Waals surface area contributed by atoms with E-state index in [1.807, 2.05) is 6.08 Å². The summed E-state index contributed by atoms with van der Waals surface area (Å²) in [7, 11) is 0. The number of hydrogen-bond donors (Lipinski definition) is 0. The minimum atomic E-state index is 0.151. The van der Waals surface area contributed by atoms with E-state index in [2.05, 4.69) is 37.1 Å². The lowest BCUT2D eigenvalue weighted by Crippen LogP contribution is -2.23. The molecule has 0 saturated heterocycles. The van der Waals surface area contributed by atoms with Crippen molar-refractivity contribution in [3.63, 3.8) is 0 Å². The van der Waals surface area contributed by atoms with Gasteiger partial charge in [0, 0.05) is 5.92 Å². The van der Waals surface area contributed by atoms with Crippen LogP contribution in [0.2, 0.25) is 0 Å². The van der Waals surface area contributed by atoms with Gasteiger partial charge in [0.1, 0.15) is 11.8 Å². The van der Waals surface area contributed by atoms with Crippen LogP contribution in [-0.2, 0) is 0 Å². The van der Waals surface area contributed by atoms with Crippen molar-refractivity contribution in [2.24, 2.45) is 10.9 Å². The Hall–Kier alpha value is -1.62. The van der Waals surface area contributed by atoms with E-state index < -0.39 is 0 Å². The molecule has 2 aliphatic rings. The van der Waals surface area contributed by atoms with E-state index in [0.29, 0.717) is 11.6 Å². The van der Waals surface area contributed by atoms with E-state index in [1.165, 1.54) is 11.1 Å². The van der Waals surface area contributed by atoms with Crippen molar-refractivity contribution in [3.8, 4) is 6.07 Å².